The first-order valence-electron chi connectivity index (χ1n) is 6.24. The third-order valence-electron chi connectivity index (χ3n) is 3.10. The molecule has 1 rings (SSSR count). The van der Waals surface area contributed by atoms with E-state index in [-0.39, 0.29) is 13.0 Å². The van der Waals surface area contributed by atoms with Gasteiger partial charge in [0.1, 0.15) is 11.4 Å². The summed E-state index contributed by atoms with van der Waals surface area (Å²) in [7, 11) is 1.13. The van der Waals surface area contributed by atoms with E-state index in [1.54, 1.807) is 0 Å². The van der Waals surface area contributed by atoms with Crippen molar-refractivity contribution in [2.24, 2.45) is 5.41 Å². The zero-order valence-electron chi connectivity index (χ0n) is 12.0. The van der Waals surface area contributed by atoms with Gasteiger partial charge in [0, 0.05) is 6.54 Å². The molecule has 0 aliphatic heterocycles. The second-order valence-corrected chi connectivity index (χ2v) is 5.13. The van der Waals surface area contributed by atoms with Crippen LogP contribution in [-0.4, -0.2) is 30.6 Å². The van der Waals surface area contributed by atoms with E-state index in [1.165, 1.54) is 13.8 Å². The lowest BCUT2D eigenvalue weighted by Gasteiger charge is -2.19. The number of rotatable bonds is 6. The van der Waals surface area contributed by atoms with Gasteiger partial charge in [-0.05, 0) is 32.4 Å². The molecule has 1 aromatic carbocycles. The Morgan fingerprint density at radius 2 is 1.86 bits per heavy atom. The van der Waals surface area contributed by atoms with Crippen LogP contribution in [0.4, 0.5) is 8.78 Å². The van der Waals surface area contributed by atoms with Crippen molar-refractivity contribution in [2.45, 2.75) is 20.3 Å². The van der Waals surface area contributed by atoms with Gasteiger partial charge in [-0.15, -0.1) is 0 Å². The van der Waals surface area contributed by atoms with Crippen LogP contribution in [0.3, 0.4) is 0 Å². The summed E-state index contributed by atoms with van der Waals surface area (Å²) < 4.78 is 31.8. The Kier molecular flexibility index (Phi) is 5.23. The van der Waals surface area contributed by atoms with E-state index < -0.39 is 40.2 Å². The fourth-order valence-corrected chi connectivity index (χ4v) is 1.63. The van der Waals surface area contributed by atoms with Crippen LogP contribution in [0, 0.1) is 17.0 Å². The second-order valence-electron chi connectivity index (χ2n) is 5.13. The number of nitrogens with one attached hydrogen (secondary N) is 1. The first kappa shape index (κ1) is 16.9. The number of hydrogen-bond acceptors (Lipinski definition) is 3. The van der Waals surface area contributed by atoms with Gasteiger partial charge in [0.15, 0.2) is 11.6 Å². The first-order chi connectivity index (χ1) is 9.70. The Bertz CT molecular complexity index is 558. The zero-order valence-corrected chi connectivity index (χ0v) is 12.0. The van der Waals surface area contributed by atoms with Gasteiger partial charge in [-0.25, -0.2) is 8.78 Å². The van der Waals surface area contributed by atoms with Crippen LogP contribution in [-0.2, 0) is 4.79 Å². The average Bonchev–Trinajstić information content (AvgIpc) is 2.40. The maximum Gasteiger partial charge on any atom is 0.309 e. The van der Waals surface area contributed by atoms with Crippen molar-refractivity contribution in [3.63, 3.8) is 0 Å². The molecule has 0 unspecified atom stereocenters. The van der Waals surface area contributed by atoms with E-state index in [0.29, 0.717) is 0 Å². The lowest BCUT2D eigenvalue weighted by molar-refractivity contribution is -0.147. The largest absolute Gasteiger partial charge is 0.493 e. The van der Waals surface area contributed by atoms with E-state index in [4.69, 9.17) is 9.84 Å². The van der Waals surface area contributed by atoms with Gasteiger partial charge in [-0.3, -0.25) is 9.59 Å². The quantitative estimate of drug-likeness (QED) is 0.844. The molecule has 21 heavy (non-hydrogen) atoms. The summed E-state index contributed by atoms with van der Waals surface area (Å²) in [5, 5.41) is 11.3. The number of carboxylic acids is 1. The van der Waals surface area contributed by atoms with Gasteiger partial charge < -0.3 is 15.2 Å². The summed E-state index contributed by atoms with van der Waals surface area (Å²) in [5.74, 6) is -4.11. The molecule has 0 fully saturated rings. The highest BCUT2D eigenvalue weighted by Crippen LogP contribution is 2.25. The van der Waals surface area contributed by atoms with E-state index in [0.717, 1.165) is 19.2 Å². The van der Waals surface area contributed by atoms with Gasteiger partial charge >= 0.3 is 5.97 Å². The van der Waals surface area contributed by atoms with Crippen molar-refractivity contribution in [1.29, 1.82) is 0 Å². The number of aliphatic carboxylic acids is 1. The number of benzene rings is 1. The predicted octanol–water partition coefficient (Wildman–Crippen LogP) is 2.20. The molecule has 116 valence electrons. The Hall–Kier alpha value is -2.18. The highest BCUT2D eigenvalue weighted by atomic mass is 19.1. The van der Waals surface area contributed by atoms with Crippen LogP contribution in [0.15, 0.2) is 12.1 Å². The smallest absolute Gasteiger partial charge is 0.309 e. The monoisotopic (exact) mass is 301 g/mol. The maximum atomic E-state index is 13.7. The summed E-state index contributed by atoms with van der Waals surface area (Å²) in [4.78, 5) is 22.8. The predicted molar refractivity (Wildman–Crippen MR) is 71.3 cm³/mol. The minimum absolute atomic E-state index is 0.0112. The van der Waals surface area contributed by atoms with E-state index in [1.807, 2.05) is 0 Å². The number of carbonyl (C=O) groups is 2. The standard InChI is InChI=1S/C14H17F2NO4/c1-14(2,13(19)20)6-7-17-12(18)10-8(15)4-5-9(16)11(10)21-3/h4-5H,6-7H2,1-3H3,(H,17,18)(H,19,20). The molecule has 0 aromatic heterocycles. The SMILES string of the molecule is COc1c(F)ccc(F)c1C(=O)NCCC(C)(C)C(=O)O. The fourth-order valence-electron chi connectivity index (χ4n) is 1.63. The van der Waals surface area contributed by atoms with E-state index in [9.17, 15) is 18.4 Å². The van der Waals surface area contributed by atoms with Crippen LogP contribution in [0.25, 0.3) is 0 Å². The molecule has 0 aliphatic carbocycles. The lowest BCUT2D eigenvalue weighted by atomic mass is 9.89. The number of carboxylic acid groups (broad SMARTS) is 1. The summed E-state index contributed by atoms with van der Waals surface area (Å²) >= 11 is 0. The highest BCUT2D eigenvalue weighted by Gasteiger charge is 2.27. The molecule has 0 spiro atoms. The normalized spacial score (nSPS) is 11.1. The van der Waals surface area contributed by atoms with Crippen LogP contribution < -0.4 is 10.1 Å². The summed E-state index contributed by atoms with van der Waals surface area (Å²) in [6.07, 6.45) is 0.146. The Morgan fingerprint density at radius 3 is 2.38 bits per heavy atom. The summed E-state index contributed by atoms with van der Waals surface area (Å²) in [6, 6.07) is 1.69. The van der Waals surface area contributed by atoms with Gasteiger partial charge in [-0.2, -0.15) is 0 Å². The van der Waals surface area contributed by atoms with E-state index >= 15 is 0 Å². The van der Waals surface area contributed by atoms with Crippen molar-refractivity contribution in [3.05, 3.63) is 29.3 Å². The lowest BCUT2D eigenvalue weighted by Crippen LogP contribution is -2.32. The molecule has 2 N–H and O–H groups in total. The van der Waals surface area contributed by atoms with Gasteiger partial charge in [-0.1, -0.05) is 0 Å². The highest BCUT2D eigenvalue weighted by molar-refractivity contribution is 5.97. The van der Waals surface area contributed by atoms with Crippen LogP contribution in [0.5, 0.6) is 5.75 Å². The first-order valence-corrected chi connectivity index (χ1v) is 6.24. The minimum Gasteiger partial charge on any atom is -0.493 e. The van der Waals surface area contributed by atoms with Crippen molar-refractivity contribution in [2.75, 3.05) is 13.7 Å². The maximum absolute atomic E-state index is 13.7. The number of ether oxygens (including phenoxy) is 1. The van der Waals surface area contributed by atoms with Gasteiger partial charge in [0.25, 0.3) is 5.91 Å². The summed E-state index contributed by atoms with van der Waals surface area (Å²) in [6.45, 7) is 3.02. The molecule has 0 saturated carbocycles. The van der Waals surface area contributed by atoms with Crippen molar-refractivity contribution >= 4 is 11.9 Å². The molecule has 0 atom stereocenters. The van der Waals surface area contributed by atoms with E-state index in [2.05, 4.69) is 5.32 Å². The fraction of sp³-hybridized carbons (Fsp3) is 0.429. The molecular formula is C14H17F2NO4. The molecule has 0 saturated heterocycles. The number of methoxy groups -OCH3 is 1. The number of amides is 1. The molecule has 7 heteroatoms. The van der Waals surface area contributed by atoms with Crippen molar-refractivity contribution < 1.29 is 28.2 Å². The van der Waals surface area contributed by atoms with Crippen LogP contribution >= 0.6 is 0 Å². The number of carbonyl (C=O) groups excluding carboxylic acids is 1. The van der Waals surface area contributed by atoms with Crippen LogP contribution in [0.1, 0.15) is 30.6 Å². The Balaban J connectivity index is 2.82. The third-order valence-corrected chi connectivity index (χ3v) is 3.10. The Morgan fingerprint density at radius 1 is 1.29 bits per heavy atom. The molecule has 0 aliphatic rings. The topological polar surface area (TPSA) is 75.6 Å². The number of hydrogen-bond donors (Lipinski definition) is 2. The number of halogens is 2. The molecule has 1 aromatic rings. The van der Waals surface area contributed by atoms with Gasteiger partial charge in [0.05, 0.1) is 12.5 Å². The van der Waals surface area contributed by atoms with Crippen LogP contribution in [0.2, 0.25) is 0 Å². The molecular weight excluding hydrogens is 284 g/mol. The molecule has 5 nitrogen and oxygen atoms in total. The third kappa shape index (κ3) is 3.90. The molecule has 0 heterocycles. The second kappa shape index (κ2) is 6.51. The van der Waals surface area contributed by atoms with Crippen molar-refractivity contribution in [3.8, 4) is 5.75 Å². The minimum atomic E-state index is -1.03. The van der Waals surface area contributed by atoms with Gasteiger partial charge in [0.2, 0.25) is 0 Å². The molecule has 0 bridgehead atoms. The molecule has 0 radical (unpaired) electrons. The summed E-state index contributed by atoms with van der Waals surface area (Å²) in [5.41, 5.74) is -1.57. The van der Waals surface area contributed by atoms with Crippen molar-refractivity contribution in [1.82, 2.24) is 5.32 Å². The zero-order chi connectivity index (χ0) is 16.2. The Labute approximate surface area is 120 Å². The molecule has 1 amide bonds. The average molecular weight is 301 g/mol.